The Morgan fingerprint density at radius 3 is 2.15 bits per heavy atom. The fourth-order valence-corrected chi connectivity index (χ4v) is 4.61. The highest BCUT2D eigenvalue weighted by Gasteiger charge is 2.33. The fourth-order valence-electron chi connectivity index (χ4n) is 3.18. The van der Waals surface area contributed by atoms with Crippen molar-refractivity contribution in [2.24, 2.45) is 11.7 Å². The molecule has 20 heavy (non-hydrogen) atoms. The molecular formula is C13H28N4O2S. The van der Waals surface area contributed by atoms with Crippen LogP contribution in [0.1, 0.15) is 46.0 Å². The summed E-state index contributed by atoms with van der Waals surface area (Å²) < 4.78 is 26.5. The lowest BCUT2D eigenvalue weighted by Crippen LogP contribution is -2.58. The average Bonchev–Trinajstić information content (AvgIpc) is 2.43. The molecular weight excluding hydrogens is 276 g/mol. The van der Waals surface area contributed by atoms with Gasteiger partial charge in [-0.25, -0.2) is 5.01 Å². The number of nitrogens with two attached hydrogens (primary N) is 1. The summed E-state index contributed by atoms with van der Waals surface area (Å²) in [5.74, 6) is 0.467. The Hall–Kier alpha value is -0.210. The minimum Gasteiger partial charge on any atom is -0.330 e. The SMILES string of the molecule is CC1CCCC(C)N1NS(=O)(=O)N1CCC(CN)CC1. The summed E-state index contributed by atoms with van der Waals surface area (Å²) in [5, 5.41) is 1.91. The predicted molar refractivity (Wildman–Crippen MR) is 80.0 cm³/mol. The highest BCUT2D eigenvalue weighted by Crippen LogP contribution is 2.23. The minimum atomic E-state index is -3.41. The van der Waals surface area contributed by atoms with E-state index in [1.807, 2.05) is 5.01 Å². The molecule has 7 heteroatoms. The van der Waals surface area contributed by atoms with Crippen molar-refractivity contribution in [2.75, 3.05) is 19.6 Å². The maximum Gasteiger partial charge on any atom is 0.292 e. The van der Waals surface area contributed by atoms with Gasteiger partial charge < -0.3 is 5.73 Å². The molecule has 3 N–H and O–H groups in total. The summed E-state index contributed by atoms with van der Waals surface area (Å²) in [6.45, 7) is 5.97. The van der Waals surface area contributed by atoms with E-state index in [9.17, 15) is 8.42 Å². The first-order valence-corrected chi connectivity index (χ1v) is 9.14. The molecule has 2 saturated heterocycles. The van der Waals surface area contributed by atoms with Crippen LogP contribution in [0.2, 0.25) is 0 Å². The Morgan fingerprint density at radius 1 is 1.10 bits per heavy atom. The maximum atomic E-state index is 12.5. The van der Waals surface area contributed by atoms with Crippen molar-refractivity contribution in [3.05, 3.63) is 0 Å². The predicted octanol–water partition coefficient (Wildman–Crippen LogP) is 0.669. The highest BCUT2D eigenvalue weighted by atomic mass is 32.2. The highest BCUT2D eigenvalue weighted by molar-refractivity contribution is 7.87. The molecule has 0 radical (unpaired) electrons. The molecule has 0 aliphatic carbocycles. The third-order valence-electron chi connectivity index (χ3n) is 4.66. The van der Waals surface area contributed by atoms with Crippen LogP contribution >= 0.6 is 0 Å². The standard InChI is InChI=1S/C13H28N4O2S/c1-11-4-3-5-12(2)17(11)15-20(18,19)16-8-6-13(10-14)7-9-16/h11-13,15H,3-10,14H2,1-2H3. The van der Waals surface area contributed by atoms with Crippen LogP contribution in [0.25, 0.3) is 0 Å². The molecule has 2 heterocycles. The molecule has 0 aromatic carbocycles. The van der Waals surface area contributed by atoms with E-state index in [2.05, 4.69) is 18.7 Å². The summed E-state index contributed by atoms with van der Waals surface area (Å²) in [5.41, 5.74) is 5.65. The van der Waals surface area contributed by atoms with E-state index in [1.165, 1.54) is 6.42 Å². The molecule has 2 rings (SSSR count). The normalized spacial score (nSPS) is 31.6. The van der Waals surface area contributed by atoms with Crippen molar-refractivity contribution >= 4 is 10.2 Å². The lowest BCUT2D eigenvalue weighted by Gasteiger charge is -2.40. The number of hydrogen-bond donors (Lipinski definition) is 2. The molecule has 0 aromatic rings. The lowest BCUT2D eigenvalue weighted by atomic mass is 9.99. The molecule has 0 aromatic heterocycles. The van der Waals surface area contributed by atoms with E-state index in [0.717, 1.165) is 25.7 Å². The Morgan fingerprint density at radius 2 is 1.65 bits per heavy atom. The quantitative estimate of drug-likeness (QED) is 0.800. The van der Waals surface area contributed by atoms with Gasteiger partial charge in [-0.2, -0.15) is 12.7 Å². The van der Waals surface area contributed by atoms with Crippen molar-refractivity contribution in [1.29, 1.82) is 0 Å². The molecule has 2 fully saturated rings. The van der Waals surface area contributed by atoms with Crippen molar-refractivity contribution in [1.82, 2.24) is 14.1 Å². The largest absolute Gasteiger partial charge is 0.330 e. The zero-order valence-corrected chi connectivity index (χ0v) is 13.4. The zero-order valence-electron chi connectivity index (χ0n) is 12.6. The van der Waals surface area contributed by atoms with Gasteiger partial charge in [-0.3, -0.25) is 0 Å². The maximum absolute atomic E-state index is 12.5. The van der Waals surface area contributed by atoms with Gasteiger partial charge in [0.1, 0.15) is 0 Å². The van der Waals surface area contributed by atoms with Crippen LogP contribution in [-0.2, 0) is 10.2 Å². The first-order valence-electron chi connectivity index (χ1n) is 7.70. The summed E-state index contributed by atoms with van der Waals surface area (Å²) in [6, 6.07) is 0.519. The Kier molecular flexibility index (Phi) is 5.42. The lowest BCUT2D eigenvalue weighted by molar-refractivity contribution is 0.0751. The number of piperidine rings is 2. The first-order chi connectivity index (χ1) is 9.44. The molecule has 2 unspecified atom stereocenters. The average molecular weight is 304 g/mol. The van der Waals surface area contributed by atoms with Crippen LogP contribution in [0.3, 0.4) is 0 Å². The molecule has 0 bridgehead atoms. The minimum absolute atomic E-state index is 0.259. The third-order valence-corrected chi connectivity index (χ3v) is 6.15. The smallest absolute Gasteiger partial charge is 0.292 e. The summed E-state index contributed by atoms with van der Waals surface area (Å²) in [6.07, 6.45) is 4.98. The van der Waals surface area contributed by atoms with Crippen molar-refractivity contribution in [2.45, 2.75) is 58.0 Å². The van der Waals surface area contributed by atoms with Crippen LogP contribution in [0, 0.1) is 5.92 Å². The molecule has 6 nitrogen and oxygen atoms in total. The van der Waals surface area contributed by atoms with Gasteiger partial charge >= 0.3 is 0 Å². The fraction of sp³-hybridized carbons (Fsp3) is 1.00. The Bertz CT molecular complexity index is 397. The monoisotopic (exact) mass is 304 g/mol. The van der Waals surface area contributed by atoms with Gasteiger partial charge in [0.15, 0.2) is 0 Å². The van der Waals surface area contributed by atoms with Gasteiger partial charge in [-0.05, 0) is 52.0 Å². The van der Waals surface area contributed by atoms with Crippen LogP contribution in [0.15, 0.2) is 0 Å². The van der Waals surface area contributed by atoms with E-state index < -0.39 is 10.2 Å². The number of hydrazine groups is 1. The van der Waals surface area contributed by atoms with E-state index >= 15 is 0 Å². The van der Waals surface area contributed by atoms with Crippen LogP contribution < -0.4 is 10.6 Å². The van der Waals surface area contributed by atoms with E-state index in [1.54, 1.807) is 4.31 Å². The number of nitrogens with one attached hydrogen (secondary N) is 1. The second-order valence-electron chi connectivity index (χ2n) is 6.21. The zero-order chi connectivity index (χ0) is 14.8. The third kappa shape index (κ3) is 3.71. The van der Waals surface area contributed by atoms with Crippen LogP contribution in [0.5, 0.6) is 0 Å². The summed E-state index contributed by atoms with van der Waals surface area (Å²) in [4.78, 5) is 2.80. The molecule has 0 amide bonds. The second kappa shape index (κ2) is 6.70. The molecule has 2 aliphatic rings. The van der Waals surface area contributed by atoms with E-state index in [4.69, 9.17) is 5.73 Å². The molecule has 2 atom stereocenters. The summed E-state index contributed by atoms with van der Waals surface area (Å²) in [7, 11) is -3.41. The van der Waals surface area contributed by atoms with E-state index in [-0.39, 0.29) is 12.1 Å². The molecule has 0 spiro atoms. The van der Waals surface area contributed by atoms with Crippen LogP contribution in [0.4, 0.5) is 0 Å². The van der Waals surface area contributed by atoms with Crippen LogP contribution in [-0.4, -0.2) is 49.4 Å². The van der Waals surface area contributed by atoms with Crippen molar-refractivity contribution in [3.8, 4) is 0 Å². The van der Waals surface area contributed by atoms with Crippen molar-refractivity contribution < 1.29 is 8.42 Å². The topological polar surface area (TPSA) is 78.7 Å². The molecule has 2 aliphatic heterocycles. The number of rotatable bonds is 4. The second-order valence-corrected chi connectivity index (χ2v) is 7.86. The number of hydrogen-bond acceptors (Lipinski definition) is 4. The summed E-state index contributed by atoms with van der Waals surface area (Å²) >= 11 is 0. The van der Waals surface area contributed by atoms with Gasteiger partial charge in [0.2, 0.25) is 0 Å². The molecule has 0 saturated carbocycles. The first kappa shape index (κ1) is 16.2. The van der Waals surface area contributed by atoms with Crippen molar-refractivity contribution in [3.63, 3.8) is 0 Å². The molecule has 118 valence electrons. The van der Waals surface area contributed by atoms with Gasteiger partial charge in [-0.15, -0.1) is 4.83 Å². The van der Waals surface area contributed by atoms with Gasteiger partial charge in [0.25, 0.3) is 10.2 Å². The van der Waals surface area contributed by atoms with Gasteiger partial charge in [0, 0.05) is 25.2 Å². The van der Waals surface area contributed by atoms with Gasteiger partial charge in [0.05, 0.1) is 0 Å². The Balaban J connectivity index is 1.96. The van der Waals surface area contributed by atoms with E-state index in [0.29, 0.717) is 25.6 Å². The van der Waals surface area contributed by atoms with Gasteiger partial charge in [-0.1, -0.05) is 6.42 Å². The Labute approximate surface area is 122 Å². The number of nitrogens with zero attached hydrogens (tertiary/aromatic N) is 2.